The molecule has 75 heavy (non-hydrogen) atoms. The van der Waals surface area contributed by atoms with E-state index in [0.29, 0.717) is 64.3 Å². The fraction of sp³-hybridized carbons (Fsp3) is 0.407. The van der Waals surface area contributed by atoms with Crippen LogP contribution in [0.3, 0.4) is 0 Å². The van der Waals surface area contributed by atoms with Gasteiger partial charge in [-0.05, 0) is 98.2 Å². The second-order valence-corrected chi connectivity index (χ2v) is 22.9. The number of aliphatic hydroxyl groups is 2. The molecule has 0 unspecified atom stereocenters. The molecule has 0 spiro atoms. The number of nitrogens with zero attached hydrogens (tertiary/aromatic N) is 6. The van der Waals surface area contributed by atoms with Gasteiger partial charge in [0.15, 0.2) is 0 Å². The third-order valence-corrected chi connectivity index (χ3v) is 13.0. The van der Waals surface area contributed by atoms with Gasteiger partial charge in [0.25, 0.3) is 22.9 Å². The van der Waals surface area contributed by atoms with E-state index in [-0.39, 0.29) is 77.8 Å². The highest BCUT2D eigenvalue weighted by Crippen LogP contribution is 2.31. The van der Waals surface area contributed by atoms with Crippen LogP contribution in [0.2, 0.25) is 15.1 Å². The van der Waals surface area contributed by atoms with E-state index in [0.717, 1.165) is 11.1 Å². The van der Waals surface area contributed by atoms with E-state index in [4.69, 9.17) is 45.6 Å². The van der Waals surface area contributed by atoms with E-state index in [9.17, 15) is 33.9 Å². The maximum Gasteiger partial charge on any atom is 0.265 e. The van der Waals surface area contributed by atoms with Gasteiger partial charge in [0, 0.05) is 91.3 Å². The van der Waals surface area contributed by atoms with Gasteiger partial charge in [-0.2, -0.15) is 0 Å². The molecule has 0 atom stereocenters. The number of rotatable bonds is 14. The van der Waals surface area contributed by atoms with Crippen LogP contribution in [0.5, 0.6) is 0 Å². The van der Waals surface area contributed by atoms with Crippen LogP contribution >= 0.6 is 34.8 Å². The molecule has 7 N–H and O–H groups in total. The van der Waals surface area contributed by atoms with Crippen molar-refractivity contribution in [2.75, 3.05) is 44.6 Å². The lowest BCUT2D eigenvalue weighted by molar-refractivity contribution is -0.142. The Morgan fingerprint density at radius 1 is 0.627 bits per heavy atom. The summed E-state index contributed by atoms with van der Waals surface area (Å²) in [6, 6.07) is 20.2. The zero-order valence-electron chi connectivity index (χ0n) is 43.4. The average Bonchev–Trinajstić information content (AvgIpc) is 3.32. The SMILES string of the molecule is CC(C)(O)CN.CC(C)(O)CNc1ccnc2c1cc(C(=O)NCc1ccc(Cl)cc1)c(=O)n2CC(=O)N1CC(C)(C)C1.CC1(C)CN(C(=O)Cn2c(=O)c(C(=O)NCc3ccc(Cl)cc3)cc3c(Cl)ccnc32)C1. The highest BCUT2D eigenvalue weighted by molar-refractivity contribution is 6.35. The Morgan fingerprint density at radius 3 is 1.40 bits per heavy atom. The molecular formula is C54H65Cl3N10O8. The van der Waals surface area contributed by atoms with Crippen LogP contribution in [0.25, 0.3) is 22.1 Å². The van der Waals surface area contributed by atoms with Crippen molar-refractivity contribution in [1.82, 2.24) is 39.5 Å². The maximum atomic E-state index is 13.5. The van der Waals surface area contributed by atoms with Gasteiger partial charge in [0.2, 0.25) is 11.8 Å². The van der Waals surface area contributed by atoms with Crippen molar-refractivity contribution >= 4 is 86.2 Å². The van der Waals surface area contributed by atoms with Crippen LogP contribution < -0.4 is 32.8 Å². The summed E-state index contributed by atoms with van der Waals surface area (Å²) in [6.07, 6.45) is 3.00. The van der Waals surface area contributed by atoms with Crippen molar-refractivity contribution in [3.05, 3.63) is 143 Å². The van der Waals surface area contributed by atoms with Gasteiger partial charge in [0.1, 0.15) is 35.5 Å². The number of amides is 4. The van der Waals surface area contributed by atoms with Crippen molar-refractivity contribution in [1.29, 1.82) is 0 Å². The van der Waals surface area contributed by atoms with Crippen molar-refractivity contribution in [2.45, 2.75) is 92.8 Å². The molecule has 6 heterocycles. The Hall–Kier alpha value is -6.41. The Bertz CT molecular complexity index is 3190. The van der Waals surface area contributed by atoms with Crippen LogP contribution in [0, 0.1) is 10.8 Å². The smallest absolute Gasteiger partial charge is 0.265 e. The zero-order valence-corrected chi connectivity index (χ0v) is 45.7. The van der Waals surface area contributed by atoms with Crippen LogP contribution in [0.15, 0.2) is 94.8 Å². The molecule has 21 heteroatoms. The summed E-state index contributed by atoms with van der Waals surface area (Å²) in [6.45, 7) is 18.0. The van der Waals surface area contributed by atoms with Gasteiger partial charge in [-0.15, -0.1) is 0 Å². The molecule has 0 aliphatic carbocycles. The largest absolute Gasteiger partial charge is 0.389 e. The second kappa shape index (κ2) is 23.6. The number of fused-ring (bicyclic) bond motifs is 2. The molecule has 8 rings (SSSR count). The van der Waals surface area contributed by atoms with Crippen LogP contribution in [-0.4, -0.2) is 113 Å². The quantitative estimate of drug-likeness (QED) is 0.0709. The van der Waals surface area contributed by atoms with Crippen molar-refractivity contribution in [2.24, 2.45) is 16.6 Å². The molecule has 4 aromatic heterocycles. The van der Waals surface area contributed by atoms with Crippen LogP contribution in [-0.2, 0) is 35.8 Å². The molecule has 2 saturated heterocycles. The topological polar surface area (TPSA) is 247 Å². The standard InChI is InChI=1S/C27H32ClN5O4.C23H22Cl2N4O3.C4H11NO/c1-26(2)15-32(16-26)22(34)13-33-23-19(21(9-10-29-23)31-14-27(3,4)37)11-20(25(33)36)24(35)30-12-17-5-7-18(28)8-6-17;1-23(2)12-28(13-23)19(30)11-29-20-16(18(25)7-8-26-20)9-17(22(29)32)21(31)27-10-14-3-5-15(24)6-4-14;1-4(2,6)3-5/h5-11,37H,12-16H2,1-4H3,(H,29,31)(H,30,35);3-9H,10-13H2,1-2H3,(H,27,31);6H,3,5H2,1-2H3. The number of nitrogens with two attached hydrogens (primary N) is 1. The minimum atomic E-state index is -0.997. The van der Waals surface area contributed by atoms with Gasteiger partial charge < -0.3 is 41.7 Å². The number of benzene rings is 2. The predicted molar refractivity (Wildman–Crippen MR) is 293 cm³/mol. The number of aromatic nitrogens is 4. The van der Waals surface area contributed by atoms with Gasteiger partial charge in [-0.3, -0.25) is 37.9 Å². The fourth-order valence-electron chi connectivity index (χ4n) is 8.14. The number of carbonyl (C=O) groups is 4. The molecule has 2 aliphatic heterocycles. The number of nitrogens with one attached hydrogen (secondary N) is 3. The summed E-state index contributed by atoms with van der Waals surface area (Å²) in [7, 11) is 0. The van der Waals surface area contributed by atoms with E-state index >= 15 is 0 Å². The maximum absolute atomic E-state index is 13.5. The summed E-state index contributed by atoms with van der Waals surface area (Å²) in [5.41, 5.74) is 4.90. The summed E-state index contributed by atoms with van der Waals surface area (Å²) < 4.78 is 2.49. The molecule has 400 valence electrons. The minimum absolute atomic E-state index is 0.0402. The van der Waals surface area contributed by atoms with E-state index in [1.165, 1.54) is 33.7 Å². The Kier molecular flexibility index (Phi) is 18.2. The predicted octanol–water partition coefficient (Wildman–Crippen LogP) is 6.25. The Balaban J connectivity index is 0.000000222. The molecule has 0 bridgehead atoms. The van der Waals surface area contributed by atoms with Crippen LogP contribution in [0.4, 0.5) is 5.69 Å². The fourth-order valence-corrected chi connectivity index (χ4v) is 8.59. The minimum Gasteiger partial charge on any atom is -0.389 e. The first kappa shape index (κ1) is 57.9. The van der Waals surface area contributed by atoms with Crippen molar-refractivity contribution < 1.29 is 29.4 Å². The zero-order chi connectivity index (χ0) is 55.2. The number of carbonyl (C=O) groups excluding carboxylic acids is 4. The lowest BCUT2D eigenvalue weighted by Crippen LogP contribution is -2.56. The molecule has 0 saturated carbocycles. The molecule has 2 aliphatic rings. The first-order chi connectivity index (χ1) is 35.0. The molecule has 0 radical (unpaired) electrons. The number of hydrogen-bond acceptors (Lipinski definition) is 12. The van der Waals surface area contributed by atoms with Gasteiger partial charge in [0.05, 0.1) is 16.2 Å². The van der Waals surface area contributed by atoms with Gasteiger partial charge in [-0.25, -0.2) is 9.97 Å². The normalized spacial score (nSPS) is 14.6. The summed E-state index contributed by atoms with van der Waals surface area (Å²) >= 11 is 18.2. The number of likely N-dealkylation sites (tertiary alicyclic amines) is 2. The van der Waals surface area contributed by atoms with Gasteiger partial charge in [-0.1, -0.05) is 86.8 Å². The van der Waals surface area contributed by atoms with Crippen LogP contribution in [0.1, 0.15) is 87.2 Å². The number of pyridine rings is 4. The third-order valence-electron chi connectivity index (χ3n) is 12.1. The summed E-state index contributed by atoms with van der Waals surface area (Å²) in [5.74, 6) is -1.53. The molecule has 2 aromatic carbocycles. The lowest BCUT2D eigenvalue weighted by atomic mass is 9.84. The highest BCUT2D eigenvalue weighted by atomic mass is 35.5. The summed E-state index contributed by atoms with van der Waals surface area (Å²) in [4.78, 5) is 90.6. The first-order valence-electron chi connectivity index (χ1n) is 24.2. The summed E-state index contributed by atoms with van der Waals surface area (Å²) in [5, 5.41) is 30.0. The average molecular weight is 1090 g/mol. The number of halogens is 3. The lowest BCUT2D eigenvalue weighted by Gasteiger charge is -2.45. The third kappa shape index (κ3) is 15.6. The Morgan fingerprint density at radius 2 is 1.01 bits per heavy atom. The molecular weight excluding hydrogens is 1020 g/mol. The van der Waals surface area contributed by atoms with E-state index in [1.807, 2.05) is 0 Å². The van der Waals surface area contributed by atoms with E-state index in [2.05, 4.69) is 53.6 Å². The van der Waals surface area contributed by atoms with Gasteiger partial charge >= 0.3 is 0 Å². The second-order valence-electron chi connectivity index (χ2n) is 21.7. The Labute approximate surface area is 450 Å². The van der Waals surface area contributed by atoms with Crippen molar-refractivity contribution in [3.63, 3.8) is 0 Å². The molecule has 18 nitrogen and oxygen atoms in total. The first-order valence-corrected chi connectivity index (χ1v) is 25.4. The highest BCUT2D eigenvalue weighted by Gasteiger charge is 2.38. The molecule has 6 aromatic rings. The number of anilines is 1. The van der Waals surface area contributed by atoms with Crippen molar-refractivity contribution in [3.8, 4) is 0 Å². The van der Waals surface area contributed by atoms with E-state index in [1.54, 1.807) is 98.2 Å². The van der Waals surface area contributed by atoms with E-state index < -0.39 is 34.1 Å². The monoisotopic (exact) mass is 1090 g/mol. The molecule has 4 amide bonds. The number of hydrogen-bond donors (Lipinski definition) is 6. The molecule has 2 fully saturated rings.